The minimum absolute atomic E-state index is 0.0384. The number of nitriles is 1. The first-order valence-corrected chi connectivity index (χ1v) is 8.38. The molecule has 3 rings (SSSR count). The molecule has 0 saturated carbocycles. The summed E-state index contributed by atoms with van der Waals surface area (Å²) in [7, 11) is 0. The maximum Gasteiger partial charge on any atom is 0.251 e. The quantitative estimate of drug-likeness (QED) is 0.890. The SMILES string of the molecule is N#Cc1ccc(-c2cccc(C(=O)NCC[C@H]3CCCN3)c2)cc1. The van der Waals surface area contributed by atoms with Crippen LogP contribution in [0.1, 0.15) is 35.2 Å². The van der Waals surface area contributed by atoms with Crippen LogP contribution in [0, 0.1) is 11.3 Å². The predicted molar refractivity (Wildman–Crippen MR) is 94.6 cm³/mol. The minimum atomic E-state index is -0.0384. The molecule has 122 valence electrons. The molecule has 1 fully saturated rings. The van der Waals surface area contributed by atoms with Gasteiger partial charge in [0.15, 0.2) is 0 Å². The number of carbonyl (C=O) groups excluding carboxylic acids is 1. The van der Waals surface area contributed by atoms with Crippen molar-refractivity contribution in [3.63, 3.8) is 0 Å². The summed E-state index contributed by atoms with van der Waals surface area (Å²) in [5.74, 6) is -0.0384. The van der Waals surface area contributed by atoms with Crippen LogP contribution in [-0.2, 0) is 0 Å². The Hall–Kier alpha value is -2.64. The fourth-order valence-electron chi connectivity index (χ4n) is 3.04. The molecule has 0 unspecified atom stereocenters. The summed E-state index contributed by atoms with van der Waals surface area (Å²) in [6.45, 7) is 1.78. The van der Waals surface area contributed by atoms with Gasteiger partial charge in [0.05, 0.1) is 11.6 Å². The fraction of sp³-hybridized carbons (Fsp3) is 0.300. The fourth-order valence-corrected chi connectivity index (χ4v) is 3.04. The van der Waals surface area contributed by atoms with E-state index in [9.17, 15) is 4.79 Å². The maximum absolute atomic E-state index is 12.3. The molecular weight excluding hydrogens is 298 g/mol. The van der Waals surface area contributed by atoms with Crippen LogP contribution in [0.15, 0.2) is 48.5 Å². The van der Waals surface area contributed by atoms with Crippen LogP contribution in [-0.4, -0.2) is 25.0 Å². The Labute approximate surface area is 142 Å². The summed E-state index contributed by atoms with van der Waals surface area (Å²) in [5, 5.41) is 15.3. The molecule has 0 aliphatic carbocycles. The summed E-state index contributed by atoms with van der Waals surface area (Å²) in [6.07, 6.45) is 3.40. The van der Waals surface area contributed by atoms with Crippen LogP contribution in [0.4, 0.5) is 0 Å². The Balaban J connectivity index is 1.63. The van der Waals surface area contributed by atoms with Gasteiger partial charge in [0.25, 0.3) is 5.91 Å². The number of nitrogens with one attached hydrogen (secondary N) is 2. The molecule has 1 heterocycles. The summed E-state index contributed by atoms with van der Waals surface area (Å²) in [5.41, 5.74) is 3.27. The number of nitrogens with zero attached hydrogens (tertiary/aromatic N) is 1. The molecule has 0 aromatic heterocycles. The Morgan fingerprint density at radius 1 is 1.21 bits per heavy atom. The number of rotatable bonds is 5. The van der Waals surface area contributed by atoms with Crippen LogP contribution < -0.4 is 10.6 Å². The molecular formula is C20H21N3O. The lowest BCUT2D eigenvalue weighted by Crippen LogP contribution is -2.30. The van der Waals surface area contributed by atoms with E-state index in [1.165, 1.54) is 12.8 Å². The van der Waals surface area contributed by atoms with Gasteiger partial charge in [0, 0.05) is 18.2 Å². The first-order chi connectivity index (χ1) is 11.8. The first-order valence-electron chi connectivity index (χ1n) is 8.38. The van der Waals surface area contributed by atoms with Crippen LogP contribution in [0.3, 0.4) is 0 Å². The van der Waals surface area contributed by atoms with Gasteiger partial charge in [-0.05, 0) is 61.2 Å². The van der Waals surface area contributed by atoms with E-state index in [0.717, 1.165) is 24.1 Å². The van der Waals surface area contributed by atoms with Gasteiger partial charge in [-0.1, -0.05) is 24.3 Å². The predicted octanol–water partition coefficient (Wildman–Crippen LogP) is 3.10. The minimum Gasteiger partial charge on any atom is -0.352 e. The molecule has 4 heteroatoms. The third-order valence-electron chi connectivity index (χ3n) is 4.41. The van der Waals surface area contributed by atoms with Gasteiger partial charge in [-0.2, -0.15) is 5.26 Å². The van der Waals surface area contributed by atoms with Gasteiger partial charge < -0.3 is 10.6 Å². The van der Waals surface area contributed by atoms with Crippen molar-refractivity contribution < 1.29 is 4.79 Å². The van der Waals surface area contributed by atoms with Crippen molar-refractivity contribution in [1.29, 1.82) is 5.26 Å². The highest BCUT2D eigenvalue weighted by molar-refractivity contribution is 5.95. The molecule has 24 heavy (non-hydrogen) atoms. The molecule has 0 radical (unpaired) electrons. The molecule has 2 aromatic carbocycles. The number of amides is 1. The van der Waals surface area contributed by atoms with Gasteiger partial charge in [-0.15, -0.1) is 0 Å². The van der Waals surface area contributed by atoms with E-state index >= 15 is 0 Å². The van der Waals surface area contributed by atoms with E-state index in [1.54, 1.807) is 12.1 Å². The van der Waals surface area contributed by atoms with E-state index in [2.05, 4.69) is 16.7 Å². The van der Waals surface area contributed by atoms with E-state index in [4.69, 9.17) is 5.26 Å². The van der Waals surface area contributed by atoms with Crippen molar-refractivity contribution in [2.45, 2.75) is 25.3 Å². The zero-order valence-electron chi connectivity index (χ0n) is 13.6. The highest BCUT2D eigenvalue weighted by Gasteiger charge is 2.14. The van der Waals surface area contributed by atoms with Crippen molar-refractivity contribution >= 4 is 5.91 Å². The monoisotopic (exact) mass is 319 g/mol. The lowest BCUT2D eigenvalue weighted by molar-refractivity contribution is 0.0952. The van der Waals surface area contributed by atoms with Crippen LogP contribution >= 0.6 is 0 Å². The van der Waals surface area contributed by atoms with Crippen molar-refractivity contribution in [3.8, 4) is 17.2 Å². The van der Waals surface area contributed by atoms with E-state index in [0.29, 0.717) is 23.7 Å². The Morgan fingerprint density at radius 3 is 2.75 bits per heavy atom. The average molecular weight is 319 g/mol. The van der Waals surface area contributed by atoms with Gasteiger partial charge in [0.2, 0.25) is 0 Å². The normalized spacial score (nSPS) is 16.5. The second-order valence-corrected chi connectivity index (χ2v) is 6.11. The Bertz CT molecular complexity index is 740. The van der Waals surface area contributed by atoms with Crippen molar-refractivity contribution in [1.82, 2.24) is 10.6 Å². The third-order valence-corrected chi connectivity index (χ3v) is 4.41. The highest BCUT2D eigenvalue weighted by atomic mass is 16.1. The van der Waals surface area contributed by atoms with E-state index in [1.807, 2.05) is 36.4 Å². The molecule has 1 aliphatic rings. The molecule has 1 aliphatic heterocycles. The van der Waals surface area contributed by atoms with Crippen molar-refractivity contribution in [3.05, 3.63) is 59.7 Å². The first kappa shape index (κ1) is 16.2. The highest BCUT2D eigenvalue weighted by Crippen LogP contribution is 2.21. The standard InChI is InChI=1S/C20H21N3O/c21-14-15-6-8-16(9-7-15)17-3-1-4-18(13-17)20(24)23-12-10-19-5-2-11-22-19/h1,3-4,6-9,13,19,22H,2,5,10-12H2,(H,23,24)/t19-/m1/s1. The Kier molecular flexibility index (Phi) is 5.25. The van der Waals surface area contributed by atoms with E-state index < -0.39 is 0 Å². The molecule has 0 bridgehead atoms. The lowest BCUT2D eigenvalue weighted by Gasteiger charge is -2.11. The van der Waals surface area contributed by atoms with Gasteiger partial charge >= 0.3 is 0 Å². The van der Waals surface area contributed by atoms with E-state index in [-0.39, 0.29) is 5.91 Å². The van der Waals surface area contributed by atoms with Crippen molar-refractivity contribution in [2.75, 3.05) is 13.1 Å². The smallest absolute Gasteiger partial charge is 0.251 e. The number of carbonyl (C=O) groups is 1. The summed E-state index contributed by atoms with van der Waals surface area (Å²) in [6, 6.07) is 17.6. The zero-order chi connectivity index (χ0) is 16.8. The topological polar surface area (TPSA) is 64.9 Å². The number of hydrogen-bond acceptors (Lipinski definition) is 3. The second kappa shape index (κ2) is 7.76. The summed E-state index contributed by atoms with van der Waals surface area (Å²) in [4.78, 5) is 12.3. The average Bonchev–Trinajstić information content (AvgIpc) is 3.15. The van der Waals surface area contributed by atoms with Gasteiger partial charge in [0.1, 0.15) is 0 Å². The second-order valence-electron chi connectivity index (χ2n) is 6.11. The third kappa shape index (κ3) is 4.01. The number of benzene rings is 2. The molecule has 1 saturated heterocycles. The molecule has 2 N–H and O–H groups in total. The van der Waals surface area contributed by atoms with Crippen LogP contribution in [0.25, 0.3) is 11.1 Å². The largest absolute Gasteiger partial charge is 0.352 e. The van der Waals surface area contributed by atoms with Crippen molar-refractivity contribution in [2.24, 2.45) is 0 Å². The van der Waals surface area contributed by atoms with Gasteiger partial charge in [-0.25, -0.2) is 0 Å². The van der Waals surface area contributed by atoms with Crippen LogP contribution in [0.2, 0.25) is 0 Å². The zero-order valence-corrected chi connectivity index (χ0v) is 13.6. The molecule has 0 spiro atoms. The summed E-state index contributed by atoms with van der Waals surface area (Å²) >= 11 is 0. The molecule has 2 aromatic rings. The molecule has 4 nitrogen and oxygen atoms in total. The summed E-state index contributed by atoms with van der Waals surface area (Å²) < 4.78 is 0. The Morgan fingerprint density at radius 2 is 2.04 bits per heavy atom. The van der Waals surface area contributed by atoms with Gasteiger partial charge in [-0.3, -0.25) is 4.79 Å². The molecule has 1 amide bonds. The number of hydrogen-bond donors (Lipinski definition) is 2. The van der Waals surface area contributed by atoms with Crippen LogP contribution in [0.5, 0.6) is 0 Å². The lowest BCUT2D eigenvalue weighted by atomic mass is 10.0. The molecule has 1 atom stereocenters. The maximum atomic E-state index is 12.3.